The van der Waals surface area contributed by atoms with Crippen LogP contribution in [-0.2, 0) is 0 Å². The van der Waals surface area contributed by atoms with E-state index in [-0.39, 0.29) is 12.1 Å². The average Bonchev–Trinajstić information content (AvgIpc) is 3.23. The molecule has 2 aromatic rings. The summed E-state index contributed by atoms with van der Waals surface area (Å²) in [7, 11) is 0. The van der Waals surface area contributed by atoms with Crippen molar-refractivity contribution in [2.24, 2.45) is 0 Å². The monoisotopic (exact) mass is 329 g/mol. The zero-order valence-corrected chi connectivity index (χ0v) is 13.4. The molecule has 4 rings (SSSR count). The fourth-order valence-corrected chi connectivity index (χ4v) is 3.23. The molecule has 1 fully saturated rings. The smallest absolute Gasteiger partial charge is 0.323 e. The van der Waals surface area contributed by atoms with Crippen LogP contribution in [0.1, 0.15) is 30.2 Å². The summed E-state index contributed by atoms with van der Waals surface area (Å²) in [6, 6.07) is 7.45. The summed E-state index contributed by atoms with van der Waals surface area (Å²) in [5.74, 6) is 2.61. The fraction of sp³-hybridized carbons (Fsp3) is 0.412. The summed E-state index contributed by atoms with van der Waals surface area (Å²) in [5.41, 5.74) is 1.06. The SMILES string of the molecule is Cc1cc(NC(=O)N2CCC[C@H]2c2ccc3c(c2)OCCO3)no1. The molecule has 2 aliphatic heterocycles. The number of likely N-dealkylation sites (tertiary alicyclic amines) is 1. The number of rotatable bonds is 2. The highest BCUT2D eigenvalue weighted by atomic mass is 16.6. The van der Waals surface area contributed by atoms with E-state index >= 15 is 0 Å². The quantitative estimate of drug-likeness (QED) is 0.916. The number of anilines is 1. The molecule has 0 unspecified atom stereocenters. The van der Waals surface area contributed by atoms with Crippen molar-refractivity contribution < 1.29 is 18.8 Å². The van der Waals surface area contributed by atoms with Crippen LogP contribution in [0, 0.1) is 6.92 Å². The largest absolute Gasteiger partial charge is 0.486 e. The third-order valence-corrected chi connectivity index (χ3v) is 4.33. The zero-order chi connectivity index (χ0) is 16.5. The number of aryl methyl sites for hydroxylation is 1. The van der Waals surface area contributed by atoms with E-state index in [1.54, 1.807) is 13.0 Å². The first-order chi connectivity index (χ1) is 11.7. The number of amides is 2. The zero-order valence-electron chi connectivity index (χ0n) is 13.4. The first-order valence-corrected chi connectivity index (χ1v) is 8.11. The molecule has 24 heavy (non-hydrogen) atoms. The summed E-state index contributed by atoms with van der Waals surface area (Å²) < 4.78 is 16.2. The molecular weight excluding hydrogens is 310 g/mol. The Morgan fingerprint density at radius 1 is 1.25 bits per heavy atom. The second-order valence-corrected chi connectivity index (χ2v) is 6.01. The van der Waals surface area contributed by atoms with Crippen LogP contribution in [-0.4, -0.2) is 35.8 Å². The van der Waals surface area contributed by atoms with Crippen molar-refractivity contribution in [2.45, 2.75) is 25.8 Å². The molecule has 2 aliphatic rings. The highest BCUT2D eigenvalue weighted by Gasteiger charge is 2.31. The molecule has 0 spiro atoms. The lowest BCUT2D eigenvalue weighted by Crippen LogP contribution is -2.34. The Balaban J connectivity index is 1.53. The first-order valence-electron chi connectivity index (χ1n) is 8.11. The maximum atomic E-state index is 12.6. The highest BCUT2D eigenvalue weighted by molar-refractivity contribution is 5.88. The lowest BCUT2D eigenvalue weighted by Gasteiger charge is -2.26. The lowest BCUT2D eigenvalue weighted by molar-refractivity contribution is 0.170. The molecule has 1 aromatic carbocycles. The molecule has 1 atom stereocenters. The minimum absolute atomic E-state index is 0.0221. The van der Waals surface area contributed by atoms with Gasteiger partial charge in [-0.15, -0.1) is 0 Å². The van der Waals surface area contributed by atoms with Crippen LogP contribution in [0.2, 0.25) is 0 Å². The van der Waals surface area contributed by atoms with E-state index in [1.807, 2.05) is 23.1 Å². The molecule has 0 saturated carbocycles. The second kappa shape index (κ2) is 6.07. The molecule has 0 bridgehead atoms. The van der Waals surface area contributed by atoms with Gasteiger partial charge in [0.15, 0.2) is 17.3 Å². The number of carbonyl (C=O) groups is 1. The Bertz CT molecular complexity index is 758. The van der Waals surface area contributed by atoms with E-state index < -0.39 is 0 Å². The number of nitrogens with one attached hydrogen (secondary N) is 1. The molecule has 126 valence electrons. The van der Waals surface area contributed by atoms with Gasteiger partial charge in [-0.1, -0.05) is 11.2 Å². The highest BCUT2D eigenvalue weighted by Crippen LogP contribution is 2.38. The van der Waals surface area contributed by atoms with Gasteiger partial charge in [-0.05, 0) is 37.5 Å². The molecule has 3 heterocycles. The van der Waals surface area contributed by atoms with E-state index in [0.29, 0.717) is 31.3 Å². The lowest BCUT2D eigenvalue weighted by atomic mass is 10.0. The molecule has 1 aromatic heterocycles. The maximum Gasteiger partial charge on any atom is 0.323 e. The summed E-state index contributed by atoms with van der Waals surface area (Å²) in [4.78, 5) is 14.4. The van der Waals surface area contributed by atoms with Crippen molar-refractivity contribution in [2.75, 3.05) is 25.1 Å². The van der Waals surface area contributed by atoms with Crippen LogP contribution in [0.5, 0.6) is 11.5 Å². The normalized spacial score (nSPS) is 19.4. The van der Waals surface area contributed by atoms with Crippen LogP contribution < -0.4 is 14.8 Å². The van der Waals surface area contributed by atoms with Gasteiger partial charge in [-0.2, -0.15) is 0 Å². The van der Waals surface area contributed by atoms with Crippen LogP contribution in [0.15, 0.2) is 28.8 Å². The summed E-state index contributed by atoms with van der Waals surface area (Å²) >= 11 is 0. The van der Waals surface area contributed by atoms with Gasteiger partial charge in [-0.3, -0.25) is 5.32 Å². The third-order valence-electron chi connectivity index (χ3n) is 4.33. The Morgan fingerprint density at radius 2 is 2.08 bits per heavy atom. The molecule has 1 saturated heterocycles. The number of nitrogens with zero attached hydrogens (tertiary/aromatic N) is 2. The Kier molecular flexibility index (Phi) is 3.76. The van der Waals surface area contributed by atoms with E-state index in [9.17, 15) is 4.79 Å². The van der Waals surface area contributed by atoms with E-state index in [2.05, 4.69) is 10.5 Å². The molecule has 7 nitrogen and oxygen atoms in total. The summed E-state index contributed by atoms with van der Waals surface area (Å²) in [5, 5.41) is 6.61. The van der Waals surface area contributed by atoms with Gasteiger partial charge in [0.25, 0.3) is 0 Å². The van der Waals surface area contributed by atoms with Crippen molar-refractivity contribution in [3.8, 4) is 11.5 Å². The predicted molar refractivity (Wildman–Crippen MR) is 86.4 cm³/mol. The van der Waals surface area contributed by atoms with Gasteiger partial charge in [0.1, 0.15) is 19.0 Å². The van der Waals surface area contributed by atoms with E-state index in [4.69, 9.17) is 14.0 Å². The van der Waals surface area contributed by atoms with Gasteiger partial charge in [-0.25, -0.2) is 4.79 Å². The van der Waals surface area contributed by atoms with Crippen LogP contribution in [0.3, 0.4) is 0 Å². The molecule has 7 heteroatoms. The van der Waals surface area contributed by atoms with Crippen molar-refractivity contribution in [3.05, 3.63) is 35.6 Å². The number of hydrogen-bond acceptors (Lipinski definition) is 5. The summed E-state index contributed by atoms with van der Waals surface area (Å²) in [6.45, 7) is 3.62. The van der Waals surface area contributed by atoms with Gasteiger partial charge in [0.05, 0.1) is 6.04 Å². The number of hydrogen-bond donors (Lipinski definition) is 1. The molecule has 2 amide bonds. The fourth-order valence-electron chi connectivity index (χ4n) is 3.23. The minimum Gasteiger partial charge on any atom is -0.486 e. The van der Waals surface area contributed by atoms with Gasteiger partial charge in [0, 0.05) is 12.6 Å². The number of carbonyl (C=O) groups excluding carboxylic acids is 1. The second-order valence-electron chi connectivity index (χ2n) is 6.01. The number of benzene rings is 1. The number of fused-ring (bicyclic) bond motifs is 1. The van der Waals surface area contributed by atoms with Crippen molar-refractivity contribution >= 4 is 11.8 Å². The number of aromatic nitrogens is 1. The van der Waals surface area contributed by atoms with Crippen molar-refractivity contribution in [1.29, 1.82) is 0 Å². The molecular formula is C17H19N3O4. The average molecular weight is 329 g/mol. The number of urea groups is 1. The van der Waals surface area contributed by atoms with Gasteiger partial charge >= 0.3 is 6.03 Å². The van der Waals surface area contributed by atoms with Gasteiger partial charge < -0.3 is 18.9 Å². The van der Waals surface area contributed by atoms with Crippen LogP contribution in [0.25, 0.3) is 0 Å². The Labute approximate surface area is 139 Å². The van der Waals surface area contributed by atoms with Crippen LogP contribution in [0.4, 0.5) is 10.6 Å². The first kappa shape index (κ1) is 14.9. The van der Waals surface area contributed by atoms with E-state index in [1.165, 1.54) is 0 Å². The van der Waals surface area contributed by atoms with Crippen molar-refractivity contribution in [3.63, 3.8) is 0 Å². The topological polar surface area (TPSA) is 76.8 Å². The van der Waals surface area contributed by atoms with Crippen molar-refractivity contribution in [1.82, 2.24) is 10.1 Å². The Morgan fingerprint density at radius 3 is 2.88 bits per heavy atom. The molecule has 0 aliphatic carbocycles. The summed E-state index contributed by atoms with van der Waals surface area (Å²) in [6.07, 6.45) is 1.88. The van der Waals surface area contributed by atoms with Crippen LogP contribution >= 0.6 is 0 Å². The Hall–Kier alpha value is -2.70. The standard InChI is InChI=1S/C17H19N3O4/c1-11-9-16(19-24-11)18-17(21)20-6-2-3-13(20)12-4-5-14-15(10-12)23-8-7-22-14/h4-5,9-10,13H,2-3,6-8H2,1H3,(H,18,19,21)/t13-/m0/s1. The molecule has 1 N–H and O–H groups in total. The third kappa shape index (κ3) is 2.77. The minimum atomic E-state index is -0.166. The molecule has 0 radical (unpaired) electrons. The van der Waals surface area contributed by atoms with E-state index in [0.717, 1.165) is 29.9 Å². The van der Waals surface area contributed by atoms with Gasteiger partial charge in [0.2, 0.25) is 0 Å². The predicted octanol–water partition coefficient (Wildman–Crippen LogP) is 3.12. The maximum absolute atomic E-state index is 12.6. The number of ether oxygens (including phenoxy) is 2.